The molecule has 2 aromatic carbocycles. The van der Waals surface area contributed by atoms with E-state index in [0.29, 0.717) is 42.7 Å². The molecule has 0 aliphatic carbocycles. The van der Waals surface area contributed by atoms with E-state index in [1.54, 1.807) is 6.07 Å². The molecule has 0 aliphatic rings. The zero-order valence-electron chi connectivity index (χ0n) is 16.6. The molecule has 0 spiro atoms. The van der Waals surface area contributed by atoms with Gasteiger partial charge < -0.3 is 19.9 Å². The van der Waals surface area contributed by atoms with Crippen LogP contribution in [0.3, 0.4) is 0 Å². The smallest absolute Gasteiger partial charge is 0.320 e. The molecule has 0 aliphatic heterocycles. The molecular formula is C22H28ClNO4. The summed E-state index contributed by atoms with van der Waals surface area (Å²) >= 11 is 6.45. The third kappa shape index (κ3) is 6.73. The Kier molecular flexibility index (Phi) is 8.61. The van der Waals surface area contributed by atoms with Gasteiger partial charge in [-0.2, -0.15) is 0 Å². The van der Waals surface area contributed by atoms with Gasteiger partial charge in [-0.25, -0.2) is 0 Å². The standard InChI is InChI=1S/C22H28ClNO4/c1-4-27-20-12-17(13-24-19(22(25)26)10-15(2)3)11-18(23)21(20)28-14-16-8-6-5-7-9-16/h5-9,11-12,15,19,24H,4,10,13-14H2,1-3H3,(H,25,26). The van der Waals surface area contributed by atoms with Crippen molar-refractivity contribution in [2.75, 3.05) is 6.61 Å². The van der Waals surface area contributed by atoms with E-state index in [0.717, 1.165) is 11.1 Å². The Morgan fingerprint density at radius 3 is 2.46 bits per heavy atom. The van der Waals surface area contributed by atoms with Gasteiger partial charge in [-0.15, -0.1) is 0 Å². The summed E-state index contributed by atoms with van der Waals surface area (Å²) in [6.45, 7) is 7.13. The van der Waals surface area contributed by atoms with E-state index >= 15 is 0 Å². The third-order valence-corrected chi connectivity index (χ3v) is 4.43. The number of nitrogens with one attached hydrogen (secondary N) is 1. The van der Waals surface area contributed by atoms with Crippen LogP contribution in [0.1, 0.15) is 38.3 Å². The second-order valence-electron chi connectivity index (χ2n) is 7.01. The quantitative estimate of drug-likeness (QED) is 0.556. The zero-order chi connectivity index (χ0) is 20.5. The maximum atomic E-state index is 11.4. The summed E-state index contributed by atoms with van der Waals surface area (Å²) in [5.74, 6) is 0.476. The number of benzene rings is 2. The van der Waals surface area contributed by atoms with E-state index in [1.807, 2.05) is 57.2 Å². The molecule has 6 heteroatoms. The van der Waals surface area contributed by atoms with Crippen LogP contribution in [-0.4, -0.2) is 23.7 Å². The van der Waals surface area contributed by atoms with Crippen molar-refractivity contribution in [2.45, 2.75) is 46.4 Å². The molecule has 5 nitrogen and oxygen atoms in total. The fraction of sp³-hybridized carbons (Fsp3) is 0.409. The minimum atomic E-state index is -0.854. The number of aliphatic carboxylic acids is 1. The second kappa shape index (κ2) is 10.9. The molecule has 0 radical (unpaired) electrons. The Labute approximate surface area is 171 Å². The summed E-state index contributed by atoms with van der Waals surface area (Å²) in [6.07, 6.45) is 0.555. The number of hydrogen-bond donors (Lipinski definition) is 2. The van der Waals surface area contributed by atoms with Crippen LogP contribution < -0.4 is 14.8 Å². The average Bonchev–Trinajstić information content (AvgIpc) is 2.65. The maximum absolute atomic E-state index is 11.4. The maximum Gasteiger partial charge on any atom is 0.320 e. The number of halogens is 1. The highest BCUT2D eigenvalue weighted by Gasteiger charge is 2.19. The van der Waals surface area contributed by atoms with Crippen LogP contribution in [-0.2, 0) is 17.9 Å². The van der Waals surface area contributed by atoms with Crippen LogP contribution in [0.2, 0.25) is 5.02 Å². The molecule has 152 valence electrons. The Balaban J connectivity index is 2.13. The van der Waals surface area contributed by atoms with Crippen molar-refractivity contribution in [1.82, 2.24) is 5.32 Å². The second-order valence-corrected chi connectivity index (χ2v) is 7.42. The SMILES string of the molecule is CCOc1cc(CNC(CC(C)C)C(=O)O)cc(Cl)c1OCc1ccccc1. The molecule has 28 heavy (non-hydrogen) atoms. The lowest BCUT2D eigenvalue weighted by atomic mass is 10.0. The Morgan fingerprint density at radius 2 is 1.86 bits per heavy atom. The van der Waals surface area contributed by atoms with Gasteiger partial charge in [0.25, 0.3) is 0 Å². The minimum absolute atomic E-state index is 0.282. The molecule has 0 bridgehead atoms. The molecule has 0 amide bonds. The van der Waals surface area contributed by atoms with Gasteiger partial charge in [-0.3, -0.25) is 4.79 Å². The Hall–Kier alpha value is -2.24. The Morgan fingerprint density at radius 1 is 1.14 bits per heavy atom. The van der Waals surface area contributed by atoms with Gasteiger partial charge in [0.1, 0.15) is 12.6 Å². The number of hydrogen-bond acceptors (Lipinski definition) is 4. The van der Waals surface area contributed by atoms with Crippen LogP contribution in [0, 0.1) is 5.92 Å². The zero-order valence-corrected chi connectivity index (χ0v) is 17.3. The van der Waals surface area contributed by atoms with Gasteiger partial charge in [0.2, 0.25) is 0 Å². The first-order valence-corrected chi connectivity index (χ1v) is 9.86. The number of ether oxygens (including phenoxy) is 2. The lowest BCUT2D eigenvalue weighted by Gasteiger charge is -2.18. The van der Waals surface area contributed by atoms with Crippen LogP contribution in [0.15, 0.2) is 42.5 Å². The van der Waals surface area contributed by atoms with E-state index in [4.69, 9.17) is 21.1 Å². The molecule has 0 saturated heterocycles. The van der Waals surface area contributed by atoms with Gasteiger partial charge in [0.05, 0.1) is 11.6 Å². The molecule has 1 atom stereocenters. The van der Waals surface area contributed by atoms with E-state index < -0.39 is 12.0 Å². The topological polar surface area (TPSA) is 67.8 Å². The summed E-state index contributed by atoms with van der Waals surface area (Å²) in [4.78, 5) is 11.4. The van der Waals surface area contributed by atoms with E-state index in [9.17, 15) is 9.90 Å². The average molecular weight is 406 g/mol. The summed E-state index contributed by atoms with van der Waals surface area (Å²) in [5, 5.41) is 12.9. The van der Waals surface area contributed by atoms with Gasteiger partial charge in [-0.05, 0) is 42.5 Å². The molecular weight excluding hydrogens is 378 g/mol. The number of carboxylic acid groups (broad SMARTS) is 1. The lowest BCUT2D eigenvalue weighted by Crippen LogP contribution is -2.37. The van der Waals surface area contributed by atoms with Crippen molar-refractivity contribution in [2.24, 2.45) is 5.92 Å². The normalized spacial score (nSPS) is 12.0. The third-order valence-electron chi connectivity index (χ3n) is 4.15. The van der Waals surface area contributed by atoms with Crippen LogP contribution >= 0.6 is 11.6 Å². The molecule has 0 heterocycles. The van der Waals surface area contributed by atoms with Crippen molar-refractivity contribution in [3.63, 3.8) is 0 Å². The fourth-order valence-electron chi connectivity index (χ4n) is 2.84. The van der Waals surface area contributed by atoms with Crippen molar-refractivity contribution in [3.05, 3.63) is 58.6 Å². The summed E-state index contributed by atoms with van der Waals surface area (Å²) in [5.41, 5.74) is 1.88. The lowest BCUT2D eigenvalue weighted by molar-refractivity contribution is -0.140. The van der Waals surface area contributed by atoms with Gasteiger partial charge in [0.15, 0.2) is 11.5 Å². The van der Waals surface area contributed by atoms with Crippen molar-refractivity contribution >= 4 is 17.6 Å². The molecule has 0 fully saturated rings. The molecule has 2 N–H and O–H groups in total. The van der Waals surface area contributed by atoms with Gasteiger partial charge >= 0.3 is 5.97 Å². The minimum Gasteiger partial charge on any atom is -0.490 e. The predicted octanol–water partition coefficient (Wildman–Crippen LogP) is 4.91. The van der Waals surface area contributed by atoms with E-state index in [-0.39, 0.29) is 5.92 Å². The largest absolute Gasteiger partial charge is 0.490 e. The van der Waals surface area contributed by atoms with Crippen molar-refractivity contribution < 1.29 is 19.4 Å². The van der Waals surface area contributed by atoms with Crippen LogP contribution in [0.4, 0.5) is 0 Å². The van der Waals surface area contributed by atoms with E-state index in [2.05, 4.69) is 5.32 Å². The van der Waals surface area contributed by atoms with Gasteiger partial charge in [-0.1, -0.05) is 55.8 Å². The molecule has 0 saturated carbocycles. The monoisotopic (exact) mass is 405 g/mol. The first-order chi connectivity index (χ1) is 13.4. The number of carbonyl (C=O) groups is 1. The van der Waals surface area contributed by atoms with Crippen molar-refractivity contribution in [1.29, 1.82) is 0 Å². The summed E-state index contributed by atoms with van der Waals surface area (Å²) < 4.78 is 11.6. The first-order valence-electron chi connectivity index (χ1n) is 9.48. The molecule has 2 rings (SSSR count). The molecule has 2 aromatic rings. The van der Waals surface area contributed by atoms with Crippen LogP contribution in [0.5, 0.6) is 11.5 Å². The molecule has 0 aromatic heterocycles. The van der Waals surface area contributed by atoms with Crippen molar-refractivity contribution in [3.8, 4) is 11.5 Å². The number of carboxylic acids is 1. The van der Waals surface area contributed by atoms with E-state index in [1.165, 1.54) is 0 Å². The molecule has 1 unspecified atom stereocenters. The summed E-state index contributed by atoms with van der Waals surface area (Å²) in [7, 11) is 0. The highest BCUT2D eigenvalue weighted by atomic mass is 35.5. The summed E-state index contributed by atoms with van der Waals surface area (Å²) in [6, 6.07) is 12.8. The fourth-order valence-corrected chi connectivity index (χ4v) is 3.13. The highest BCUT2D eigenvalue weighted by molar-refractivity contribution is 6.32. The Bertz CT molecular complexity index is 765. The first kappa shape index (κ1) is 22.1. The number of rotatable bonds is 11. The predicted molar refractivity (Wildman–Crippen MR) is 111 cm³/mol. The van der Waals surface area contributed by atoms with Crippen LogP contribution in [0.25, 0.3) is 0 Å². The van der Waals surface area contributed by atoms with Gasteiger partial charge in [0, 0.05) is 6.54 Å². The highest BCUT2D eigenvalue weighted by Crippen LogP contribution is 2.37.